The number of nitrogens with zero attached hydrogens (tertiary/aromatic N) is 1. The standard InChI is InChI=1S/C35H36N2O5S/c1-3-21-37(33(38)20-19-29-12-9-24-43-29)22-23-42-28-17-15-26(16-18-28)25-32(35(40)41-2)36-31-14-8-7-13-30(31)34(39)27-10-5-4-6-11-27/h4-20,24,32,36H,3,21-23,25H2,1-2H3. The molecule has 1 amide bonds. The van der Waals surface area contributed by atoms with Crippen LogP contribution in [0.4, 0.5) is 5.69 Å². The molecule has 0 radical (unpaired) electrons. The third-order valence-electron chi connectivity index (χ3n) is 6.75. The molecule has 1 atom stereocenters. The molecule has 0 spiro atoms. The summed E-state index contributed by atoms with van der Waals surface area (Å²) in [6, 6.07) is 26.9. The van der Waals surface area contributed by atoms with E-state index in [1.165, 1.54) is 7.11 Å². The summed E-state index contributed by atoms with van der Waals surface area (Å²) in [6.07, 6.45) is 4.65. The Morgan fingerprint density at radius 2 is 1.65 bits per heavy atom. The van der Waals surface area contributed by atoms with Crippen LogP contribution in [-0.4, -0.2) is 55.4 Å². The molecule has 43 heavy (non-hydrogen) atoms. The van der Waals surface area contributed by atoms with Crippen molar-refractivity contribution in [2.75, 3.05) is 32.1 Å². The fourth-order valence-electron chi connectivity index (χ4n) is 4.55. The number of para-hydroxylation sites is 1. The molecule has 1 unspecified atom stereocenters. The fraction of sp³-hybridized carbons (Fsp3) is 0.229. The Balaban J connectivity index is 1.36. The first kappa shape index (κ1) is 31.3. The lowest BCUT2D eigenvalue weighted by Crippen LogP contribution is -2.34. The first-order valence-electron chi connectivity index (χ1n) is 14.2. The van der Waals surface area contributed by atoms with E-state index < -0.39 is 12.0 Å². The van der Waals surface area contributed by atoms with Crippen molar-refractivity contribution in [2.24, 2.45) is 0 Å². The molecule has 0 saturated heterocycles. The van der Waals surface area contributed by atoms with Crippen molar-refractivity contribution in [3.05, 3.63) is 124 Å². The highest BCUT2D eigenvalue weighted by molar-refractivity contribution is 7.10. The minimum atomic E-state index is -0.711. The van der Waals surface area contributed by atoms with E-state index in [1.54, 1.807) is 52.6 Å². The first-order chi connectivity index (χ1) is 21.0. The van der Waals surface area contributed by atoms with Gasteiger partial charge in [0.05, 0.1) is 13.7 Å². The van der Waals surface area contributed by atoms with E-state index in [2.05, 4.69) is 5.32 Å². The molecule has 7 nitrogen and oxygen atoms in total. The number of thiophene rings is 1. The van der Waals surface area contributed by atoms with E-state index in [0.29, 0.717) is 48.7 Å². The number of nitrogens with one attached hydrogen (secondary N) is 1. The lowest BCUT2D eigenvalue weighted by atomic mass is 10.00. The average molecular weight is 597 g/mol. The van der Waals surface area contributed by atoms with Gasteiger partial charge in [-0.3, -0.25) is 9.59 Å². The second kappa shape index (κ2) is 16.1. The molecule has 4 rings (SSSR count). The SMILES string of the molecule is CCCN(CCOc1ccc(CC(Nc2ccccc2C(=O)c2ccccc2)C(=O)OC)cc1)C(=O)C=Cc1cccs1. The van der Waals surface area contributed by atoms with E-state index >= 15 is 0 Å². The van der Waals surface area contributed by atoms with Crippen LogP contribution in [0.25, 0.3) is 6.08 Å². The van der Waals surface area contributed by atoms with Crippen molar-refractivity contribution in [3.63, 3.8) is 0 Å². The number of amides is 1. The highest BCUT2D eigenvalue weighted by atomic mass is 32.1. The number of esters is 1. The molecule has 1 aromatic heterocycles. The van der Waals surface area contributed by atoms with Crippen molar-refractivity contribution < 1.29 is 23.9 Å². The van der Waals surface area contributed by atoms with Crippen LogP contribution in [0.1, 0.15) is 39.7 Å². The summed E-state index contributed by atoms with van der Waals surface area (Å²) in [5.41, 5.74) is 2.50. The number of hydrogen-bond acceptors (Lipinski definition) is 7. The molecular formula is C35H36N2O5S. The summed E-state index contributed by atoms with van der Waals surface area (Å²) >= 11 is 1.59. The molecule has 0 fully saturated rings. The lowest BCUT2D eigenvalue weighted by molar-refractivity contribution is -0.141. The topological polar surface area (TPSA) is 84.9 Å². The van der Waals surface area contributed by atoms with Crippen molar-refractivity contribution in [1.29, 1.82) is 0 Å². The summed E-state index contributed by atoms with van der Waals surface area (Å²) in [6.45, 7) is 3.52. The van der Waals surface area contributed by atoms with Gasteiger partial charge in [0.25, 0.3) is 0 Å². The normalized spacial score (nSPS) is 11.6. The minimum absolute atomic E-state index is 0.0393. The highest BCUT2D eigenvalue weighted by Crippen LogP contribution is 2.22. The van der Waals surface area contributed by atoms with Crippen molar-refractivity contribution in [2.45, 2.75) is 25.8 Å². The molecule has 222 valence electrons. The Labute approximate surface area is 256 Å². The van der Waals surface area contributed by atoms with Crippen LogP contribution in [0.3, 0.4) is 0 Å². The summed E-state index contributed by atoms with van der Waals surface area (Å²) in [5, 5.41) is 5.21. The molecular weight excluding hydrogens is 560 g/mol. The Morgan fingerprint density at radius 1 is 0.907 bits per heavy atom. The van der Waals surface area contributed by atoms with E-state index in [-0.39, 0.29) is 11.7 Å². The van der Waals surface area contributed by atoms with Crippen LogP contribution in [-0.2, 0) is 20.7 Å². The number of anilines is 1. The Kier molecular flexibility index (Phi) is 11.7. The Morgan fingerprint density at radius 3 is 2.35 bits per heavy atom. The molecule has 0 aliphatic rings. The smallest absolute Gasteiger partial charge is 0.328 e. The van der Waals surface area contributed by atoms with Gasteiger partial charge in [0.1, 0.15) is 18.4 Å². The second-order valence-corrected chi connectivity index (χ2v) is 10.8. The maximum absolute atomic E-state index is 13.2. The van der Waals surface area contributed by atoms with Gasteiger partial charge in [-0.1, -0.05) is 67.6 Å². The van der Waals surface area contributed by atoms with Crippen molar-refractivity contribution in [1.82, 2.24) is 4.90 Å². The Hall–Kier alpha value is -4.69. The van der Waals surface area contributed by atoms with Gasteiger partial charge in [-0.2, -0.15) is 0 Å². The van der Waals surface area contributed by atoms with Crippen molar-refractivity contribution >= 4 is 40.8 Å². The summed E-state index contributed by atoms with van der Waals surface area (Å²) in [5.74, 6) is 0.0633. The predicted octanol–water partition coefficient (Wildman–Crippen LogP) is 6.51. The number of rotatable bonds is 15. The molecule has 3 aromatic carbocycles. The summed E-state index contributed by atoms with van der Waals surface area (Å²) in [7, 11) is 1.35. The monoisotopic (exact) mass is 596 g/mol. The molecule has 0 bridgehead atoms. The maximum atomic E-state index is 13.2. The van der Waals surface area contributed by atoms with Crippen LogP contribution < -0.4 is 10.1 Å². The number of ketones is 1. The fourth-order valence-corrected chi connectivity index (χ4v) is 5.17. The van der Waals surface area contributed by atoms with Gasteiger partial charge >= 0.3 is 5.97 Å². The van der Waals surface area contributed by atoms with Gasteiger partial charge in [-0.15, -0.1) is 11.3 Å². The van der Waals surface area contributed by atoms with Crippen LogP contribution >= 0.6 is 11.3 Å². The molecule has 0 aliphatic heterocycles. The number of carbonyl (C=O) groups excluding carboxylic acids is 3. The summed E-state index contributed by atoms with van der Waals surface area (Å²) in [4.78, 5) is 41.4. The molecule has 0 saturated carbocycles. The zero-order valence-electron chi connectivity index (χ0n) is 24.4. The zero-order chi connectivity index (χ0) is 30.4. The average Bonchev–Trinajstić information content (AvgIpc) is 3.57. The van der Waals surface area contributed by atoms with E-state index in [9.17, 15) is 14.4 Å². The molecule has 1 N–H and O–H groups in total. The first-order valence-corrected chi connectivity index (χ1v) is 15.1. The molecule has 4 aromatic rings. The van der Waals surface area contributed by atoms with E-state index in [4.69, 9.17) is 9.47 Å². The summed E-state index contributed by atoms with van der Waals surface area (Å²) < 4.78 is 11.0. The van der Waals surface area contributed by atoms with Gasteiger partial charge in [0.15, 0.2) is 5.78 Å². The molecule has 8 heteroatoms. The van der Waals surface area contributed by atoms with Gasteiger partial charge in [-0.25, -0.2) is 4.79 Å². The quantitative estimate of drug-likeness (QED) is 0.0958. The highest BCUT2D eigenvalue weighted by Gasteiger charge is 2.22. The molecule has 0 aliphatic carbocycles. The third-order valence-corrected chi connectivity index (χ3v) is 7.59. The van der Waals surface area contributed by atoms with Crippen LogP contribution in [0, 0.1) is 0 Å². The van der Waals surface area contributed by atoms with Crippen LogP contribution in [0.2, 0.25) is 0 Å². The number of benzene rings is 3. The third kappa shape index (κ3) is 9.15. The second-order valence-electron chi connectivity index (χ2n) is 9.83. The largest absolute Gasteiger partial charge is 0.492 e. The number of hydrogen-bond donors (Lipinski definition) is 1. The van der Waals surface area contributed by atoms with Gasteiger partial charge in [-0.05, 0) is 53.8 Å². The number of carbonyl (C=O) groups is 3. The number of methoxy groups -OCH3 is 1. The minimum Gasteiger partial charge on any atom is -0.492 e. The van der Waals surface area contributed by atoms with Crippen molar-refractivity contribution in [3.8, 4) is 5.75 Å². The lowest BCUT2D eigenvalue weighted by Gasteiger charge is -2.21. The van der Waals surface area contributed by atoms with Gasteiger partial charge < -0.3 is 19.7 Å². The van der Waals surface area contributed by atoms with Gasteiger partial charge in [0.2, 0.25) is 5.91 Å². The van der Waals surface area contributed by atoms with Crippen LogP contribution in [0.5, 0.6) is 5.75 Å². The molecule has 1 heterocycles. The predicted molar refractivity (Wildman–Crippen MR) is 172 cm³/mol. The Bertz CT molecular complexity index is 1500. The van der Waals surface area contributed by atoms with Crippen LogP contribution in [0.15, 0.2) is 102 Å². The van der Waals surface area contributed by atoms with Gasteiger partial charge in [0, 0.05) is 40.7 Å². The zero-order valence-corrected chi connectivity index (χ0v) is 25.2. The van der Waals surface area contributed by atoms with E-state index in [0.717, 1.165) is 16.9 Å². The van der Waals surface area contributed by atoms with E-state index in [1.807, 2.05) is 79.0 Å². The number of ether oxygens (including phenoxy) is 2. The maximum Gasteiger partial charge on any atom is 0.328 e.